The molecular weight excluding hydrogens is 304 g/mol. The molecule has 1 heterocycles. The van der Waals surface area contributed by atoms with Crippen LogP contribution in [0.3, 0.4) is 0 Å². The fourth-order valence-corrected chi connectivity index (χ4v) is 2.00. The van der Waals surface area contributed by atoms with Gasteiger partial charge in [0.25, 0.3) is 5.91 Å². The Morgan fingerprint density at radius 3 is 2.57 bits per heavy atom. The molecule has 0 bridgehead atoms. The maximum absolute atomic E-state index is 13.5. The SMILES string of the molecule is O=C(NCc1nnnn1-c1ccc(F)cc1)c1ccccc1F. The van der Waals surface area contributed by atoms with Gasteiger partial charge in [-0.3, -0.25) is 4.79 Å². The normalized spacial score (nSPS) is 10.5. The summed E-state index contributed by atoms with van der Waals surface area (Å²) in [5, 5.41) is 13.7. The minimum atomic E-state index is -0.608. The molecule has 116 valence electrons. The molecule has 0 atom stereocenters. The molecule has 23 heavy (non-hydrogen) atoms. The molecule has 3 rings (SSSR count). The summed E-state index contributed by atoms with van der Waals surface area (Å²) in [6.45, 7) is -0.00244. The van der Waals surface area contributed by atoms with Gasteiger partial charge in [0.05, 0.1) is 17.8 Å². The maximum Gasteiger partial charge on any atom is 0.254 e. The van der Waals surface area contributed by atoms with Crippen LogP contribution < -0.4 is 5.32 Å². The number of hydrogen-bond acceptors (Lipinski definition) is 4. The Kier molecular flexibility index (Phi) is 4.05. The molecule has 1 N–H and O–H groups in total. The summed E-state index contributed by atoms with van der Waals surface area (Å²) in [7, 11) is 0. The highest BCUT2D eigenvalue weighted by molar-refractivity contribution is 5.94. The average Bonchev–Trinajstić information content (AvgIpc) is 3.02. The van der Waals surface area contributed by atoms with Crippen LogP contribution in [-0.2, 0) is 6.54 Å². The largest absolute Gasteiger partial charge is 0.345 e. The standard InChI is InChI=1S/C15H11F2N5O/c16-10-5-7-11(8-6-10)22-14(19-20-21-22)9-18-15(23)12-3-1-2-4-13(12)17/h1-8H,9H2,(H,18,23). The molecule has 0 aliphatic rings. The van der Waals surface area contributed by atoms with Crippen molar-refractivity contribution in [3.63, 3.8) is 0 Å². The van der Waals surface area contributed by atoms with Crippen LogP contribution in [0.5, 0.6) is 0 Å². The first-order chi connectivity index (χ1) is 11.1. The van der Waals surface area contributed by atoms with Crippen molar-refractivity contribution in [3.8, 4) is 5.69 Å². The van der Waals surface area contributed by atoms with Gasteiger partial charge in [0, 0.05) is 0 Å². The minimum Gasteiger partial charge on any atom is -0.345 e. The molecule has 1 aromatic heterocycles. The van der Waals surface area contributed by atoms with E-state index in [0.29, 0.717) is 11.5 Å². The van der Waals surface area contributed by atoms with Crippen LogP contribution >= 0.6 is 0 Å². The van der Waals surface area contributed by atoms with Gasteiger partial charge in [0.2, 0.25) is 0 Å². The maximum atomic E-state index is 13.5. The van der Waals surface area contributed by atoms with Gasteiger partial charge in [0.1, 0.15) is 11.6 Å². The highest BCUT2D eigenvalue weighted by Crippen LogP contribution is 2.10. The third kappa shape index (κ3) is 3.20. The van der Waals surface area contributed by atoms with E-state index in [0.717, 1.165) is 0 Å². The van der Waals surface area contributed by atoms with Crippen molar-refractivity contribution in [3.05, 3.63) is 71.6 Å². The molecule has 8 heteroatoms. The zero-order chi connectivity index (χ0) is 16.2. The van der Waals surface area contributed by atoms with Crippen LogP contribution in [0, 0.1) is 11.6 Å². The van der Waals surface area contributed by atoms with Gasteiger partial charge >= 0.3 is 0 Å². The van der Waals surface area contributed by atoms with Gasteiger partial charge in [-0.1, -0.05) is 12.1 Å². The second-order valence-corrected chi connectivity index (χ2v) is 4.65. The number of amides is 1. The molecule has 2 aromatic carbocycles. The first-order valence-corrected chi connectivity index (χ1v) is 6.71. The van der Waals surface area contributed by atoms with Crippen molar-refractivity contribution in [1.82, 2.24) is 25.5 Å². The number of carbonyl (C=O) groups is 1. The lowest BCUT2D eigenvalue weighted by Crippen LogP contribution is -2.25. The zero-order valence-electron chi connectivity index (χ0n) is 11.8. The minimum absolute atomic E-state index is 0.00244. The molecule has 0 fully saturated rings. The first-order valence-electron chi connectivity index (χ1n) is 6.71. The number of rotatable bonds is 4. The van der Waals surface area contributed by atoms with Crippen molar-refractivity contribution in [2.45, 2.75) is 6.54 Å². The molecule has 0 aliphatic heterocycles. The molecule has 0 radical (unpaired) electrons. The first kappa shape index (κ1) is 14.8. The number of halogens is 2. The Hall–Kier alpha value is -3.16. The average molecular weight is 315 g/mol. The van der Waals surface area contributed by atoms with Crippen molar-refractivity contribution >= 4 is 5.91 Å². The Bertz CT molecular complexity index is 832. The van der Waals surface area contributed by atoms with Gasteiger partial charge in [-0.2, -0.15) is 4.68 Å². The second kappa shape index (κ2) is 6.30. The van der Waals surface area contributed by atoms with Crippen LogP contribution in [0.4, 0.5) is 8.78 Å². The monoisotopic (exact) mass is 315 g/mol. The fourth-order valence-electron chi connectivity index (χ4n) is 2.00. The number of carbonyl (C=O) groups excluding carboxylic acids is 1. The van der Waals surface area contributed by atoms with Gasteiger partial charge in [0.15, 0.2) is 5.82 Å². The summed E-state index contributed by atoms with van der Waals surface area (Å²) in [5.74, 6) is -1.22. The highest BCUT2D eigenvalue weighted by Gasteiger charge is 2.13. The van der Waals surface area contributed by atoms with Gasteiger partial charge in [-0.05, 0) is 46.8 Å². The molecule has 3 aromatic rings. The molecule has 0 spiro atoms. The number of tetrazole rings is 1. The Morgan fingerprint density at radius 2 is 1.83 bits per heavy atom. The molecule has 0 unspecified atom stereocenters. The van der Waals surface area contributed by atoms with E-state index < -0.39 is 11.7 Å². The number of nitrogens with zero attached hydrogens (tertiary/aromatic N) is 4. The Morgan fingerprint density at radius 1 is 1.09 bits per heavy atom. The Labute approximate surface area is 129 Å². The predicted octanol–water partition coefficient (Wildman–Crippen LogP) is 1.87. The van der Waals surface area contributed by atoms with Crippen molar-refractivity contribution in [2.24, 2.45) is 0 Å². The predicted molar refractivity (Wildman–Crippen MR) is 76.7 cm³/mol. The fraction of sp³-hybridized carbons (Fsp3) is 0.0667. The van der Waals surface area contributed by atoms with Gasteiger partial charge < -0.3 is 5.32 Å². The summed E-state index contributed by atoms with van der Waals surface area (Å²) in [6, 6.07) is 11.2. The van der Waals surface area contributed by atoms with E-state index in [9.17, 15) is 13.6 Å². The van der Waals surface area contributed by atoms with Gasteiger partial charge in [-0.15, -0.1) is 5.10 Å². The molecule has 1 amide bonds. The molecule has 0 aliphatic carbocycles. The van der Waals surface area contributed by atoms with E-state index in [1.165, 1.54) is 47.1 Å². The summed E-state index contributed by atoms with van der Waals surface area (Å²) in [6.07, 6.45) is 0. The third-order valence-corrected chi connectivity index (χ3v) is 3.13. The second-order valence-electron chi connectivity index (χ2n) is 4.65. The van der Waals surface area contributed by atoms with E-state index in [4.69, 9.17) is 0 Å². The van der Waals surface area contributed by atoms with E-state index in [-0.39, 0.29) is 17.9 Å². The quantitative estimate of drug-likeness (QED) is 0.798. The zero-order valence-corrected chi connectivity index (χ0v) is 11.8. The van der Waals surface area contributed by atoms with E-state index >= 15 is 0 Å². The highest BCUT2D eigenvalue weighted by atomic mass is 19.1. The lowest BCUT2D eigenvalue weighted by atomic mass is 10.2. The number of nitrogens with one attached hydrogen (secondary N) is 1. The molecule has 0 saturated carbocycles. The summed E-state index contributed by atoms with van der Waals surface area (Å²) in [4.78, 5) is 12.0. The topological polar surface area (TPSA) is 72.7 Å². The van der Waals surface area contributed by atoms with Crippen molar-refractivity contribution < 1.29 is 13.6 Å². The number of hydrogen-bond donors (Lipinski definition) is 1. The summed E-state index contributed by atoms with van der Waals surface area (Å²) in [5.41, 5.74) is 0.486. The van der Waals surface area contributed by atoms with Crippen LogP contribution in [0.2, 0.25) is 0 Å². The van der Waals surface area contributed by atoms with Crippen molar-refractivity contribution in [1.29, 1.82) is 0 Å². The van der Waals surface area contributed by atoms with Crippen LogP contribution in [0.25, 0.3) is 5.69 Å². The van der Waals surface area contributed by atoms with Crippen LogP contribution in [0.15, 0.2) is 48.5 Å². The van der Waals surface area contributed by atoms with Crippen LogP contribution in [0.1, 0.15) is 16.2 Å². The van der Waals surface area contributed by atoms with Crippen molar-refractivity contribution in [2.75, 3.05) is 0 Å². The number of aromatic nitrogens is 4. The summed E-state index contributed by atoms with van der Waals surface area (Å²) >= 11 is 0. The van der Waals surface area contributed by atoms with E-state index in [1.807, 2.05) is 0 Å². The number of benzene rings is 2. The lowest BCUT2D eigenvalue weighted by molar-refractivity contribution is 0.0945. The smallest absolute Gasteiger partial charge is 0.254 e. The third-order valence-electron chi connectivity index (χ3n) is 3.13. The van der Waals surface area contributed by atoms with E-state index in [1.54, 1.807) is 6.07 Å². The van der Waals surface area contributed by atoms with Crippen LogP contribution in [-0.4, -0.2) is 26.1 Å². The summed E-state index contributed by atoms with van der Waals surface area (Å²) < 4.78 is 27.9. The Balaban J connectivity index is 1.75. The molecule has 6 nitrogen and oxygen atoms in total. The lowest BCUT2D eigenvalue weighted by Gasteiger charge is -2.07. The molecular formula is C15H11F2N5O. The van der Waals surface area contributed by atoms with E-state index in [2.05, 4.69) is 20.8 Å². The molecule has 0 saturated heterocycles. The van der Waals surface area contributed by atoms with Gasteiger partial charge in [-0.25, -0.2) is 8.78 Å².